The summed E-state index contributed by atoms with van der Waals surface area (Å²) in [6, 6.07) is 30.4. The molecule has 6 aromatic rings. The maximum atomic E-state index is 14.1. The molecule has 0 fully saturated rings. The van der Waals surface area contributed by atoms with Gasteiger partial charge < -0.3 is 9.94 Å². The lowest BCUT2D eigenvalue weighted by Crippen LogP contribution is -2.23. The Morgan fingerprint density at radius 3 is 2.36 bits per heavy atom. The Bertz CT molecular complexity index is 2230. The largest absolute Gasteiger partial charge is 0.496 e. The van der Waals surface area contributed by atoms with Crippen LogP contribution < -0.4 is 15.0 Å². The van der Waals surface area contributed by atoms with Gasteiger partial charge in [-0.2, -0.15) is 0 Å². The van der Waals surface area contributed by atoms with Gasteiger partial charge in [-0.15, -0.1) is 0 Å². The summed E-state index contributed by atoms with van der Waals surface area (Å²) >= 11 is 0. The molecule has 0 spiro atoms. The quantitative estimate of drug-likeness (QED) is 0.125. The summed E-state index contributed by atoms with van der Waals surface area (Å²) in [5.74, 6) is 1.15. The lowest BCUT2D eigenvalue weighted by atomic mass is 9.95. The number of rotatable bonds is 8. The number of hydrogen-bond acceptors (Lipinski definition) is 8. The molecule has 0 unspecified atom stereocenters. The van der Waals surface area contributed by atoms with Gasteiger partial charge in [0.25, 0.3) is 15.6 Å². The SMILES string of the molecule is COc1ccc(C(=NO)c2ccccc2-c2nc3ccccc3c(=O)n2-c2ccc(S(=O)(=O)Nc3ccccn3)cc2)cc1C. The number of aryl methyl sites for hydroxylation is 1. The van der Waals surface area contributed by atoms with E-state index < -0.39 is 10.0 Å². The minimum absolute atomic E-state index is 0.00905. The summed E-state index contributed by atoms with van der Waals surface area (Å²) in [5, 5.41) is 14.3. The van der Waals surface area contributed by atoms with Gasteiger partial charge in [-0.3, -0.25) is 14.1 Å². The Balaban J connectivity index is 1.51. The highest BCUT2D eigenvalue weighted by Gasteiger charge is 2.22. The first kappa shape index (κ1) is 29.3. The van der Waals surface area contributed by atoms with Crippen LogP contribution in [0.3, 0.4) is 0 Å². The minimum atomic E-state index is -3.95. The number of benzene rings is 4. The number of pyridine rings is 1. The summed E-state index contributed by atoms with van der Waals surface area (Å²) in [7, 11) is -2.36. The standard InChI is InChI=1S/C34H27N5O5S/c1-22-21-23(14-19-30(22)44-2)32(37-41)26-9-3-4-10-27(26)33-36-29-12-6-5-11-28(29)34(40)39(33)24-15-17-25(18-16-24)45(42,43)38-31-13-7-8-20-35-31/h3-21,41H,1-2H3,(H,35,38). The Morgan fingerprint density at radius 2 is 1.64 bits per heavy atom. The highest BCUT2D eigenvalue weighted by atomic mass is 32.2. The number of hydrogen-bond donors (Lipinski definition) is 2. The number of aromatic nitrogens is 3. The van der Waals surface area contributed by atoms with Gasteiger partial charge in [-0.05, 0) is 79.2 Å². The van der Waals surface area contributed by atoms with Crippen LogP contribution in [0.15, 0.2) is 130 Å². The van der Waals surface area contributed by atoms with Crippen LogP contribution in [0.4, 0.5) is 5.82 Å². The van der Waals surface area contributed by atoms with Crippen LogP contribution >= 0.6 is 0 Å². The second-order valence-corrected chi connectivity index (χ2v) is 11.8. The van der Waals surface area contributed by atoms with Crippen molar-refractivity contribution in [2.45, 2.75) is 11.8 Å². The Morgan fingerprint density at radius 1 is 0.911 bits per heavy atom. The fourth-order valence-corrected chi connectivity index (χ4v) is 6.13. The summed E-state index contributed by atoms with van der Waals surface area (Å²) in [6.07, 6.45) is 1.49. The van der Waals surface area contributed by atoms with E-state index in [2.05, 4.69) is 14.9 Å². The maximum absolute atomic E-state index is 14.1. The highest BCUT2D eigenvalue weighted by molar-refractivity contribution is 7.92. The van der Waals surface area contributed by atoms with Crippen LogP contribution in [0.25, 0.3) is 28.0 Å². The molecule has 2 heterocycles. The van der Waals surface area contributed by atoms with Crippen LogP contribution in [0.5, 0.6) is 5.75 Å². The number of ether oxygens (including phenoxy) is 1. The maximum Gasteiger partial charge on any atom is 0.266 e. The molecule has 0 saturated carbocycles. The summed E-state index contributed by atoms with van der Waals surface area (Å²) in [6.45, 7) is 1.89. The second kappa shape index (κ2) is 12.1. The van der Waals surface area contributed by atoms with Gasteiger partial charge in [-0.1, -0.05) is 47.6 Å². The minimum Gasteiger partial charge on any atom is -0.496 e. The lowest BCUT2D eigenvalue weighted by Gasteiger charge is -2.18. The highest BCUT2D eigenvalue weighted by Crippen LogP contribution is 2.29. The molecule has 0 bridgehead atoms. The molecular weight excluding hydrogens is 590 g/mol. The number of methoxy groups -OCH3 is 1. The average Bonchev–Trinajstić information content (AvgIpc) is 3.06. The van der Waals surface area contributed by atoms with Crippen LogP contribution in [0.2, 0.25) is 0 Å². The van der Waals surface area contributed by atoms with E-state index >= 15 is 0 Å². The van der Waals surface area contributed by atoms with Gasteiger partial charge in [0.05, 0.1) is 28.6 Å². The topological polar surface area (TPSA) is 136 Å². The fourth-order valence-electron chi connectivity index (χ4n) is 5.12. The lowest BCUT2D eigenvalue weighted by molar-refractivity contribution is 0.319. The number of fused-ring (bicyclic) bond motifs is 1. The van der Waals surface area contributed by atoms with Crippen molar-refractivity contribution in [2.24, 2.45) is 5.16 Å². The molecule has 2 aromatic heterocycles. The zero-order chi connectivity index (χ0) is 31.6. The molecule has 0 radical (unpaired) electrons. The first-order valence-electron chi connectivity index (χ1n) is 13.8. The van der Waals surface area contributed by atoms with E-state index in [1.807, 2.05) is 13.0 Å². The Hall–Kier alpha value is -5.81. The van der Waals surface area contributed by atoms with Crippen molar-refractivity contribution in [1.29, 1.82) is 0 Å². The van der Waals surface area contributed by atoms with E-state index in [1.54, 1.807) is 98.1 Å². The Kier molecular flexibility index (Phi) is 7.84. The van der Waals surface area contributed by atoms with Crippen molar-refractivity contribution < 1.29 is 18.4 Å². The third kappa shape index (κ3) is 5.64. The van der Waals surface area contributed by atoms with Gasteiger partial charge in [-0.25, -0.2) is 18.4 Å². The Labute approximate surface area is 259 Å². The number of sulfonamides is 1. The van der Waals surface area contributed by atoms with E-state index in [0.29, 0.717) is 39.0 Å². The molecule has 0 amide bonds. The van der Waals surface area contributed by atoms with E-state index in [9.17, 15) is 18.4 Å². The molecule has 11 heteroatoms. The number of oxime groups is 1. The number of nitrogens with zero attached hydrogens (tertiary/aromatic N) is 4. The van der Waals surface area contributed by atoms with Crippen molar-refractivity contribution in [3.05, 3.63) is 142 Å². The smallest absolute Gasteiger partial charge is 0.266 e. The molecule has 0 saturated heterocycles. The van der Waals surface area contributed by atoms with Gasteiger partial charge in [0.2, 0.25) is 0 Å². The average molecular weight is 618 g/mol. The van der Waals surface area contributed by atoms with E-state index in [4.69, 9.17) is 9.72 Å². The summed E-state index contributed by atoms with van der Waals surface area (Å²) in [5.41, 5.74) is 3.32. The fraction of sp³-hybridized carbons (Fsp3) is 0.0588. The van der Waals surface area contributed by atoms with Crippen LogP contribution in [0, 0.1) is 6.92 Å². The monoisotopic (exact) mass is 617 g/mol. The molecule has 0 aliphatic rings. The number of para-hydroxylation sites is 1. The molecule has 0 aliphatic heterocycles. The molecule has 45 heavy (non-hydrogen) atoms. The zero-order valence-corrected chi connectivity index (χ0v) is 25.1. The van der Waals surface area contributed by atoms with Gasteiger partial charge in [0.1, 0.15) is 23.1 Å². The summed E-state index contributed by atoms with van der Waals surface area (Å²) < 4.78 is 35.4. The van der Waals surface area contributed by atoms with Crippen molar-refractivity contribution in [1.82, 2.24) is 14.5 Å². The number of anilines is 1. The predicted molar refractivity (Wildman–Crippen MR) is 173 cm³/mol. The van der Waals surface area contributed by atoms with E-state index in [1.165, 1.54) is 22.9 Å². The van der Waals surface area contributed by atoms with Crippen molar-refractivity contribution >= 4 is 32.5 Å². The first-order chi connectivity index (χ1) is 21.8. The van der Waals surface area contributed by atoms with Crippen molar-refractivity contribution in [2.75, 3.05) is 11.8 Å². The van der Waals surface area contributed by atoms with E-state index in [0.717, 1.165) is 5.56 Å². The van der Waals surface area contributed by atoms with E-state index in [-0.39, 0.29) is 27.8 Å². The summed E-state index contributed by atoms with van der Waals surface area (Å²) in [4.78, 5) is 23.0. The normalized spacial score (nSPS) is 11.8. The predicted octanol–water partition coefficient (Wildman–Crippen LogP) is 5.79. The van der Waals surface area contributed by atoms with Crippen LogP contribution in [-0.4, -0.2) is 41.0 Å². The second-order valence-electron chi connectivity index (χ2n) is 10.1. The third-order valence-corrected chi connectivity index (χ3v) is 8.65. The van der Waals surface area contributed by atoms with Gasteiger partial charge >= 0.3 is 0 Å². The number of nitrogens with one attached hydrogen (secondary N) is 1. The van der Waals surface area contributed by atoms with Crippen LogP contribution in [-0.2, 0) is 10.0 Å². The first-order valence-corrected chi connectivity index (χ1v) is 15.3. The molecule has 6 rings (SSSR count). The molecule has 10 nitrogen and oxygen atoms in total. The molecule has 224 valence electrons. The van der Waals surface area contributed by atoms with Crippen molar-refractivity contribution in [3.63, 3.8) is 0 Å². The van der Waals surface area contributed by atoms with Gasteiger partial charge in [0.15, 0.2) is 0 Å². The molecule has 4 aromatic carbocycles. The van der Waals surface area contributed by atoms with Crippen molar-refractivity contribution in [3.8, 4) is 22.8 Å². The molecular formula is C34H27N5O5S. The molecule has 0 aliphatic carbocycles. The molecule has 2 N–H and O–H groups in total. The zero-order valence-electron chi connectivity index (χ0n) is 24.2. The molecule has 0 atom stereocenters. The van der Waals surface area contributed by atoms with Gasteiger partial charge in [0, 0.05) is 22.9 Å². The third-order valence-electron chi connectivity index (χ3n) is 7.28. The van der Waals surface area contributed by atoms with Crippen LogP contribution in [0.1, 0.15) is 16.7 Å².